The lowest BCUT2D eigenvalue weighted by atomic mass is 10.1. The molecule has 0 unspecified atom stereocenters. The minimum atomic E-state index is -3.87. The van der Waals surface area contributed by atoms with E-state index in [0.717, 1.165) is 35.4 Å². The van der Waals surface area contributed by atoms with Gasteiger partial charge in [-0.05, 0) is 43.0 Å². The summed E-state index contributed by atoms with van der Waals surface area (Å²) in [5.74, 6) is 1.60. The van der Waals surface area contributed by atoms with Crippen molar-refractivity contribution in [2.75, 3.05) is 18.0 Å². The highest BCUT2D eigenvalue weighted by Crippen LogP contribution is 2.30. The molecule has 0 saturated carbocycles. The maximum atomic E-state index is 13.4. The van der Waals surface area contributed by atoms with Crippen LogP contribution in [0, 0.1) is 18.8 Å². The zero-order valence-corrected chi connectivity index (χ0v) is 20.0. The molecule has 2 aromatic carbocycles. The van der Waals surface area contributed by atoms with E-state index in [-0.39, 0.29) is 15.6 Å². The molecule has 0 bridgehead atoms. The first kappa shape index (κ1) is 22.2. The summed E-state index contributed by atoms with van der Waals surface area (Å²) < 4.78 is 28.4. The molecule has 4 rings (SSSR count). The molecule has 2 heterocycles. The predicted molar refractivity (Wildman–Crippen MR) is 127 cm³/mol. The summed E-state index contributed by atoms with van der Waals surface area (Å²) in [6, 6.07) is 14.6. The number of nitrogens with zero attached hydrogens (tertiary/aromatic N) is 5. The summed E-state index contributed by atoms with van der Waals surface area (Å²) in [7, 11) is -3.87. The van der Waals surface area contributed by atoms with Crippen molar-refractivity contribution in [2.45, 2.75) is 44.5 Å². The highest BCUT2D eigenvalue weighted by molar-refractivity contribution is 7.91. The molecule has 0 atom stereocenters. The fourth-order valence-corrected chi connectivity index (χ4v) is 5.14. The van der Waals surface area contributed by atoms with Crippen LogP contribution in [-0.4, -0.2) is 41.3 Å². The number of aryl methyl sites for hydroxylation is 1. The van der Waals surface area contributed by atoms with Crippen LogP contribution in [0.15, 0.2) is 58.5 Å². The Bertz CT molecular complexity index is 1350. The molecule has 8 heteroatoms. The average molecular weight is 452 g/mol. The van der Waals surface area contributed by atoms with Crippen LogP contribution < -0.4 is 4.90 Å². The van der Waals surface area contributed by atoms with Crippen LogP contribution in [0.2, 0.25) is 0 Å². The molecular formula is C24H29N5O2S. The van der Waals surface area contributed by atoms with E-state index >= 15 is 0 Å². The molecule has 32 heavy (non-hydrogen) atoms. The van der Waals surface area contributed by atoms with Crippen LogP contribution >= 0.6 is 0 Å². The minimum absolute atomic E-state index is 0.123. The summed E-state index contributed by atoms with van der Waals surface area (Å²) in [6.07, 6.45) is 0. The summed E-state index contributed by atoms with van der Waals surface area (Å²) in [5.41, 5.74) is 2.01. The molecular weight excluding hydrogens is 422 g/mol. The fraction of sp³-hybridized carbons (Fsp3) is 0.375. The Hall–Kier alpha value is -3.00. The van der Waals surface area contributed by atoms with Crippen LogP contribution in [0.3, 0.4) is 0 Å². The van der Waals surface area contributed by atoms with Gasteiger partial charge in [-0.3, -0.25) is 0 Å². The molecule has 0 N–H and O–H groups in total. The van der Waals surface area contributed by atoms with E-state index in [9.17, 15) is 8.42 Å². The number of hydrogen-bond donors (Lipinski definition) is 0. The molecule has 0 aliphatic heterocycles. The predicted octanol–water partition coefficient (Wildman–Crippen LogP) is 4.54. The van der Waals surface area contributed by atoms with Crippen molar-refractivity contribution in [1.82, 2.24) is 19.8 Å². The lowest BCUT2D eigenvalue weighted by Gasteiger charge is -2.28. The van der Waals surface area contributed by atoms with Gasteiger partial charge in [0.05, 0.1) is 10.4 Å². The zero-order valence-electron chi connectivity index (χ0n) is 19.1. The number of aromatic nitrogens is 4. The smallest absolute Gasteiger partial charge is 0.229 e. The van der Waals surface area contributed by atoms with Gasteiger partial charge in [0.25, 0.3) is 0 Å². The maximum absolute atomic E-state index is 13.4. The minimum Gasteiger partial charge on any atom is -0.355 e. The Morgan fingerprint density at radius 1 is 0.938 bits per heavy atom. The van der Waals surface area contributed by atoms with Crippen molar-refractivity contribution in [3.05, 3.63) is 54.1 Å². The second-order valence-corrected chi connectivity index (χ2v) is 11.0. The third-order valence-electron chi connectivity index (χ3n) is 5.26. The monoisotopic (exact) mass is 451 g/mol. The standard InChI is InChI=1S/C24H29N5O2S/c1-16(2)14-28(15-17(3)4)22-20-8-6-7-9-21(20)29-23(25-22)24(26-27-29)32(30,31)19-12-10-18(5)11-13-19/h6-13,16-17H,14-15H2,1-5H3. The third kappa shape index (κ3) is 4.07. The van der Waals surface area contributed by atoms with Crippen LogP contribution in [0.25, 0.3) is 16.6 Å². The van der Waals surface area contributed by atoms with Gasteiger partial charge in [0.2, 0.25) is 14.9 Å². The van der Waals surface area contributed by atoms with Gasteiger partial charge in [0, 0.05) is 18.5 Å². The van der Waals surface area contributed by atoms with Crippen molar-refractivity contribution in [3.63, 3.8) is 0 Å². The lowest BCUT2D eigenvalue weighted by molar-refractivity contribution is 0.550. The normalized spacial score (nSPS) is 12.3. The van der Waals surface area contributed by atoms with Crippen molar-refractivity contribution < 1.29 is 8.42 Å². The van der Waals surface area contributed by atoms with Gasteiger partial charge in [-0.25, -0.2) is 13.4 Å². The lowest BCUT2D eigenvalue weighted by Crippen LogP contribution is -2.32. The van der Waals surface area contributed by atoms with Gasteiger partial charge < -0.3 is 4.90 Å². The van der Waals surface area contributed by atoms with Gasteiger partial charge in [-0.1, -0.05) is 62.7 Å². The van der Waals surface area contributed by atoms with E-state index in [1.807, 2.05) is 31.2 Å². The quantitative estimate of drug-likeness (QED) is 0.410. The summed E-state index contributed by atoms with van der Waals surface area (Å²) >= 11 is 0. The van der Waals surface area contributed by atoms with Crippen molar-refractivity contribution in [1.29, 1.82) is 0 Å². The van der Waals surface area contributed by atoms with E-state index in [4.69, 9.17) is 4.98 Å². The number of sulfone groups is 1. The molecule has 0 spiro atoms. The van der Waals surface area contributed by atoms with E-state index in [1.165, 1.54) is 4.52 Å². The van der Waals surface area contributed by atoms with Gasteiger partial charge in [-0.15, -0.1) is 5.10 Å². The largest absolute Gasteiger partial charge is 0.355 e. The second kappa shape index (κ2) is 8.50. The molecule has 2 aromatic heterocycles. The highest BCUT2D eigenvalue weighted by Gasteiger charge is 2.28. The Morgan fingerprint density at radius 3 is 2.19 bits per heavy atom. The number of para-hydroxylation sites is 1. The highest BCUT2D eigenvalue weighted by atomic mass is 32.2. The van der Waals surface area contributed by atoms with Crippen LogP contribution in [0.4, 0.5) is 5.82 Å². The van der Waals surface area contributed by atoms with Gasteiger partial charge >= 0.3 is 0 Å². The van der Waals surface area contributed by atoms with Crippen molar-refractivity contribution >= 4 is 32.2 Å². The van der Waals surface area contributed by atoms with Crippen molar-refractivity contribution in [3.8, 4) is 0 Å². The molecule has 0 saturated heterocycles. The van der Waals surface area contributed by atoms with Crippen LogP contribution in [0.5, 0.6) is 0 Å². The Balaban J connectivity index is 1.98. The molecule has 0 radical (unpaired) electrons. The van der Waals surface area contributed by atoms with E-state index in [1.54, 1.807) is 24.3 Å². The topological polar surface area (TPSA) is 80.5 Å². The Morgan fingerprint density at radius 2 is 1.56 bits per heavy atom. The average Bonchev–Trinajstić information content (AvgIpc) is 3.17. The van der Waals surface area contributed by atoms with E-state index in [0.29, 0.717) is 11.8 Å². The van der Waals surface area contributed by atoms with Gasteiger partial charge in [-0.2, -0.15) is 4.52 Å². The van der Waals surface area contributed by atoms with E-state index in [2.05, 4.69) is 42.9 Å². The molecule has 0 aliphatic rings. The SMILES string of the molecule is Cc1ccc(S(=O)(=O)c2nnn3c2nc(N(CC(C)C)CC(C)C)c2ccccc23)cc1. The van der Waals surface area contributed by atoms with Crippen molar-refractivity contribution in [2.24, 2.45) is 11.8 Å². The summed E-state index contributed by atoms with van der Waals surface area (Å²) in [6.45, 7) is 12.2. The maximum Gasteiger partial charge on any atom is 0.229 e. The molecule has 168 valence electrons. The number of benzene rings is 2. The zero-order chi connectivity index (χ0) is 23.0. The first-order valence-corrected chi connectivity index (χ1v) is 12.4. The van der Waals surface area contributed by atoms with Gasteiger partial charge in [0.15, 0.2) is 5.65 Å². The number of rotatable bonds is 7. The first-order chi connectivity index (χ1) is 15.2. The van der Waals surface area contributed by atoms with E-state index < -0.39 is 9.84 Å². The number of anilines is 1. The molecule has 0 fully saturated rings. The molecule has 4 aromatic rings. The Labute approximate surface area is 189 Å². The third-order valence-corrected chi connectivity index (χ3v) is 6.92. The Kier molecular flexibility index (Phi) is 5.90. The fourth-order valence-electron chi connectivity index (χ4n) is 3.90. The summed E-state index contributed by atoms with van der Waals surface area (Å²) in [4.78, 5) is 7.29. The molecule has 0 aliphatic carbocycles. The summed E-state index contributed by atoms with van der Waals surface area (Å²) in [5, 5.41) is 9.07. The van der Waals surface area contributed by atoms with Crippen LogP contribution in [-0.2, 0) is 9.84 Å². The molecule has 0 amide bonds. The number of fused-ring (bicyclic) bond motifs is 3. The molecule has 7 nitrogen and oxygen atoms in total. The number of hydrogen-bond acceptors (Lipinski definition) is 6. The van der Waals surface area contributed by atoms with Crippen LogP contribution in [0.1, 0.15) is 33.3 Å². The second-order valence-electron chi connectivity index (χ2n) is 9.09. The first-order valence-electron chi connectivity index (χ1n) is 10.9. The van der Waals surface area contributed by atoms with Gasteiger partial charge in [0.1, 0.15) is 5.82 Å².